The van der Waals surface area contributed by atoms with Gasteiger partial charge in [-0.25, -0.2) is 0 Å². The summed E-state index contributed by atoms with van der Waals surface area (Å²) >= 11 is 0. The van der Waals surface area contributed by atoms with Crippen molar-refractivity contribution in [3.63, 3.8) is 0 Å². The number of nitro groups is 1. The van der Waals surface area contributed by atoms with Crippen molar-refractivity contribution in [2.24, 2.45) is 0 Å². The van der Waals surface area contributed by atoms with E-state index >= 15 is 0 Å². The van der Waals surface area contributed by atoms with E-state index in [0.717, 1.165) is 0 Å². The summed E-state index contributed by atoms with van der Waals surface area (Å²) in [5.41, 5.74) is 0.342. The van der Waals surface area contributed by atoms with Crippen LogP contribution in [-0.4, -0.2) is 16.9 Å². The van der Waals surface area contributed by atoms with E-state index in [9.17, 15) is 28.1 Å². The summed E-state index contributed by atoms with van der Waals surface area (Å²) in [6, 6.07) is 5.16. The molecule has 0 aliphatic carbocycles. The molecule has 0 heterocycles. The molecule has 0 amide bonds. The van der Waals surface area contributed by atoms with Crippen LogP contribution in [0, 0.1) is 10.1 Å². The summed E-state index contributed by atoms with van der Waals surface area (Å²) in [5, 5.41) is 10.4. The van der Waals surface area contributed by atoms with Gasteiger partial charge in [0.15, 0.2) is 0 Å². The molecule has 0 bridgehead atoms. The highest BCUT2D eigenvalue weighted by Gasteiger charge is 2.27. The fraction of sp³-hybridized carbons (Fsp3) is 0.364. The second-order valence-electron chi connectivity index (χ2n) is 3.75. The first kappa shape index (κ1) is 14.1. The zero-order chi connectivity index (χ0) is 13.8. The van der Waals surface area contributed by atoms with Crippen molar-refractivity contribution < 1.29 is 22.9 Å². The van der Waals surface area contributed by atoms with E-state index in [1.165, 1.54) is 24.3 Å². The Morgan fingerprint density at radius 1 is 1.22 bits per heavy atom. The average molecular weight is 260 g/mol. The fourth-order valence-corrected chi connectivity index (χ4v) is 1.33. The van der Waals surface area contributed by atoms with Crippen molar-refractivity contribution in [2.45, 2.75) is 25.4 Å². The van der Waals surface area contributed by atoms with Crippen LogP contribution in [-0.2, 0) is 11.2 Å². The van der Waals surface area contributed by atoms with Gasteiger partial charge in [-0.1, -0.05) is 12.1 Å². The molecule has 0 spiro atoms. The zero-order valence-electron chi connectivity index (χ0n) is 9.24. The molecule has 7 heteroatoms. The molecule has 0 N–H and O–H groups in total. The second kappa shape index (κ2) is 5.61. The lowest BCUT2D eigenvalue weighted by molar-refractivity contribution is -0.384. The molecule has 1 rings (SSSR count). The van der Waals surface area contributed by atoms with Gasteiger partial charge in [0.1, 0.15) is 5.78 Å². The van der Waals surface area contributed by atoms with E-state index in [1.54, 1.807) is 0 Å². The van der Waals surface area contributed by atoms with E-state index in [4.69, 9.17) is 0 Å². The lowest BCUT2D eigenvalue weighted by atomic mass is 10.1. The molecular formula is C11H10F3NO3. The Hall–Kier alpha value is -1.92. The van der Waals surface area contributed by atoms with Gasteiger partial charge < -0.3 is 0 Å². The minimum atomic E-state index is -4.34. The smallest absolute Gasteiger partial charge is 0.299 e. The monoisotopic (exact) mass is 260 g/mol. The van der Waals surface area contributed by atoms with Crippen LogP contribution in [0.5, 0.6) is 0 Å². The molecule has 0 aromatic heterocycles. The SMILES string of the molecule is O=C(CCC(F)(F)[18F])Cc1ccc([N+](=O)[O-])cc1. The van der Waals surface area contributed by atoms with Gasteiger partial charge in [0.05, 0.1) is 11.3 Å². The van der Waals surface area contributed by atoms with Gasteiger partial charge in [-0.05, 0) is 5.56 Å². The molecule has 0 unspecified atom stereocenters. The number of ketones is 1. The first-order valence-electron chi connectivity index (χ1n) is 5.10. The molecule has 1 aromatic carbocycles. The molecule has 0 radical (unpaired) electrons. The summed E-state index contributed by atoms with van der Waals surface area (Å²) < 4.78 is 35.6. The van der Waals surface area contributed by atoms with Gasteiger partial charge in [0.2, 0.25) is 0 Å². The number of non-ortho nitro benzene ring substituents is 1. The number of carbonyl (C=O) groups excluding carboxylic acids is 1. The molecule has 0 aliphatic rings. The predicted molar refractivity (Wildman–Crippen MR) is 57.1 cm³/mol. The minimum Gasteiger partial charge on any atom is -0.299 e. The zero-order valence-corrected chi connectivity index (χ0v) is 9.24. The molecule has 0 aliphatic heterocycles. The first-order valence-corrected chi connectivity index (χ1v) is 5.10. The third-order valence-corrected chi connectivity index (χ3v) is 2.24. The summed E-state index contributed by atoms with van der Waals surface area (Å²) in [6.07, 6.45) is -6.20. The van der Waals surface area contributed by atoms with E-state index in [1.807, 2.05) is 0 Å². The number of nitro benzene ring substituents is 1. The normalized spacial score (nSPS) is 11.3. The van der Waals surface area contributed by atoms with Crippen LogP contribution >= 0.6 is 0 Å². The molecule has 98 valence electrons. The second-order valence-corrected chi connectivity index (χ2v) is 3.75. The lowest BCUT2D eigenvalue weighted by Gasteiger charge is -2.05. The maximum atomic E-state index is 11.9. The average Bonchev–Trinajstić information content (AvgIpc) is 2.26. The number of hydrogen-bond acceptors (Lipinski definition) is 3. The van der Waals surface area contributed by atoms with E-state index in [2.05, 4.69) is 0 Å². The molecule has 4 nitrogen and oxygen atoms in total. The minimum absolute atomic E-state index is 0.124. The van der Waals surface area contributed by atoms with Crippen molar-refractivity contribution in [1.29, 1.82) is 0 Å². The molecule has 18 heavy (non-hydrogen) atoms. The highest BCUT2D eigenvalue weighted by Crippen LogP contribution is 2.22. The Labute approximate surface area is 101 Å². The van der Waals surface area contributed by atoms with Gasteiger partial charge in [0, 0.05) is 25.0 Å². The summed E-state index contributed by atoms with van der Waals surface area (Å²) in [5.74, 6) is -0.541. The molecule has 0 saturated heterocycles. The van der Waals surface area contributed by atoms with Crippen LogP contribution in [0.15, 0.2) is 24.3 Å². The number of halogens is 3. The number of carbonyl (C=O) groups is 1. The topological polar surface area (TPSA) is 60.2 Å². The summed E-state index contributed by atoms with van der Waals surface area (Å²) in [7, 11) is 0. The van der Waals surface area contributed by atoms with Crippen LogP contribution in [0.1, 0.15) is 18.4 Å². The predicted octanol–water partition coefficient (Wildman–Crippen LogP) is 3.05. The molecule has 0 fully saturated rings. The summed E-state index contributed by atoms with van der Waals surface area (Å²) in [4.78, 5) is 21.0. The van der Waals surface area contributed by atoms with Crippen molar-refractivity contribution >= 4 is 11.5 Å². The fourth-order valence-electron chi connectivity index (χ4n) is 1.33. The number of benzene rings is 1. The van der Waals surface area contributed by atoms with E-state index < -0.39 is 29.7 Å². The maximum absolute atomic E-state index is 11.9. The Morgan fingerprint density at radius 2 is 1.78 bits per heavy atom. The van der Waals surface area contributed by atoms with Gasteiger partial charge in [0.25, 0.3) is 5.69 Å². The largest absolute Gasteiger partial charge is 0.389 e. The molecular weight excluding hydrogens is 250 g/mol. The lowest BCUT2D eigenvalue weighted by Crippen LogP contribution is -2.12. The van der Waals surface area contributed by atoms with E-state index in [0.29, 0.717) is 5.56 Å². The van der Waals surface area contributed by atoms with Crippen LogP contribution in [0.2, 0.25) is 0 Å². The Morgan fingerprint density at radius 3 is 2.22 bits per heavy atom. The van der Waals surface area contributed by atoms with Gasteiger partial charge in [-0.15, -0.1) is 0 Å². The van der Waals surface area contributed by atoms with Crippen molar-refractivity contribution in [3.05, 3.63) is 39.9 Å². The van der Waals surface area contributed by atoms with Crippen LogP contribution in [0.25, 0.3) is 0 Å². The first-order chi connectivity index (χ1) is 8.28. The van der Waals surface area contributed by atoms with Gasteiger partial charge >= 0.3 is 6.18 Å². The number of rotatable bonds is 5. The Balaban J connectivity index is 2.52. The van der Waals surface area contributed by atoms with Crippen LogP contribution < -0.4 is 0 Å². The molecule has 0 saturated carbocycles. The molecule has 1 aromatic rings. The summed E-state index contributed by atoms with van der Waals surface area (Å²) in [6.45, 7) is 0. The maximum Gasteiger partial charge on any atom is 0.389 e. The quantitative estimate of drug-likeness (QED) is 0.603. The Bertz CT molecular complexity index is 440. The number of hydrogen-bond donors (Lipinski definition) is 0. The van der Waals surface area contributed by atoms with E-state index in [-0.39, 0.29) is 12.1 Å². The number of nitrogens with zero attached hydrogens (tertiary/aromatic N) is 1. The van der Waals surface area contributed by atoms with Crippen LogP contribution in [0.3, 0.4) is 0 Å². The number of Topliss-reactive ketones (excluding diaryl/α,β-unsaturated/α-hetero) is 1. The van der Waals surface area contributed by atoms with Crippen molar-refractivity contribution in [1.82, 2.24) is 0 Å². The van der Waals surface area contributed by atoms with Crippen LogP contribution in [0.4, 0.5) is 18.9 Å². The molecule has 0 atom stereocenters. The third-order valence-electron chi connectivity index (χ3n) is 2.24. The van der Waals surface area contributed by atoms with Crippen molar-refractivity contribution in [2.75, 3.05) is 0 Å². The third kappa shape index (κ3) is 4.94. The highest BCUT2D eigenvalue weighted by atomic mass is 19.3. The van der Waals surface area contributed by atoms with Gasteiger partial charge in [-0.3, -0.25) is 14.9 Å². The van der Waals surface area contributed by atoms with Crippen molar-refractivity contribution in [3.8, 4) is 0 Å². The number of alkyl halides is 3. The Kier molecular flexibility index (Phi) is 4.41. The highest BCUT2D eigenvalue weighted by molar-refractivity contribution is 5.80. The standard InChI is InChI=1S/C11H10F3NO3/c12-11(13,14)6-5-10(16)7-8-1-3-9(4-2-8)15(17)18/h1-4H,5-7H2/i12-1. The van der Waals surface area contributed by atoms with Gasteiger partial charge in [-0.2, -0.15) is 13.2 Å².